The number of pyridine rings is 1. The van der Waals surface area contributed by atoms with Gasteiger partial charge in [0.2, 0.25) is 5.91 Å². The van der Waals surface area contributed by atoms with Gasteiger partial charge in [0.1, 0.15) is 17.7 Å². The molecule has 0 radical (unpaired) electrons. The lowest BCUT2D eigenvalue weighted by molar-refractivity contribution is -0.124. The molecule has 1 saturated heterocycles. The second-order valence-electron chi connectivity index (χ2n) is 6.86. The maximum atomic E-state index is 12.3. The average Bonchev–Trinajstić information content (AvgIpc) is 3.32. The van der Waals surface area contributed by atoms with E-state index >= 15 is 0 Å². The molecule has 0 bridgehead atoms. The second kappa shape index (κ2) is 6.47. The molecule has 2 unspecified atom stereocenters. The van der Waals surface area contributed by atoms with Gasteiger partial charge in [0.25, 0.3) is 0 Å². The number of imidazole rings is 1. The fraction of sp³-hybridized carbons (Fsp3) is 0.562. The SMILES string of the molecule is Nc1ccnc2c1ncn2[C@@H]1O[C@H](CO)[C@H](NC(=O)C(N)C2CC2)C1O. The van der Waals surface area contributed by atoms with Crippen LogP contribution in [-0.2, 0) is 9.53 Å². The summed E-state index contributed by atoms with van der Waals surface area (Å²) in [4.78, 5) is 20.8. The second-order valence-corrected chi connectivity index (χ2v) is 6.86. The molecule has 1 aliphatic heterocycles. The highest BCUT2D eigenvalue weighted by Gasteiger charge is 2.46. The zero-order chi connectivity index (χ0) is 18.4. The van der Waals surface area contributed by atoms with E-state index in [1.165, 1.54) is 12.5 Å². The van der Waals surface area contributed by atoms with Crippen molar-refractivity contribution < 1.29 is 19.7 Å². The van der Waals surface area contributed by atoms with Crippen molar-refractivity contribution in [2.45, 2.75) is 43.4 Å². The number of hydrogen-bond acceptors (Lipinski definition) is 8. The third kappa shape index (κ3) is 2.80. The number of hydrogen-bond donors (Lipinski definition) is 5. The zero-order valence-electron chi connectivity index (χ0n) is 14.0. The first-order valence-corrected chi connectivity index (χ1v) is 8.58. The Kier molecular flexibility index (Phi) is 4.27. The zero-order valence-corrected chi connectivity index (χ0v) is 14.0. The monoisotopic (exact) mass is 362 g/mol. The number of nitrogens with one attached hydrogen (secondary N) is 1. The van der Waals surface area contributed by atoms with E-state index < -0.39 is 30.5 Å². The van der Waals surface area contributed by atoms with Gasteiger partial charge in [-0.15, -0.1) is 0 Å². The van der Waals surface area contributed by atoms with Crippen LogP contribution >= 0.6 is 0 Å². The summed E-state index contributed by atoms with van der Waals surface area (Å²) in [5.41, 5.74) is 13.2. The highest BCUT2D eigenvalue weighted by atomic mass is 16.5. The minimum absolute atomic E-state index is 0.183. The van der Waals surface area contributed by atoms with Crippen molar-refractivity contribution in [3.05, 3.63) is 18.6 Å². The Labute approximate surface area is 149 Å². The van der Waals surface area contributed by atoms with Gasteiger partial charge in [0, 0.05) is 6.20 Å². The van der Waals surface area contributed by atoms with Gasteiger partial charge in [-0.25, -0.2) is 9.97 Å². The van der Waals surface area contributed by atoms with Crippen molar-refractivity contribution in [3.8, 4) is 0 Å². The molecule has 140 valence electrons. The summed E-state index contributed by atoms with van der Waals surface area (Å²) in [7, 11) is 0. The van der Waals surface area contributed by atoms with E-state index in [1.807, 2.05) is 0 Å². The van der Waals surface area contributed by atoms with Crippen LogP contribution in [-0.4, -0.2) is 61.6 Å². The summed E-state index contributed by atoms with van der Waals surface area (Å²) < 4.78 is 7.32. The number of fused-ring (bicyclic) bond motifs is 1. The van der Waals surface area contributed by atoms with Gasteiger partial charge in [0.05, 0.1) is 30.7 Å². The van der Waals surface area contributed by atoms with Crippen LogP contribution in [0.25, 0.3) is 11.2 Å². The molecule has 26 heavy (non-hydrogen) atoms. The Bertz CT molecular complexity index is 822. The van der Waals surface area contributed by atoms with E-state index in [9.17, 15) is 15.0 Å². The molecule has 1 amide bonds. The summed E-state index contributed by atoms with van der Waals surface area (Å²) in [5.74, 6) is -0.167. The lowest BCUT2D eigenvalue weighted by Crippen LogP contribution is -2.53. The molecule has 1 saturated carbocycles. The van der Waals surface area contributed by atoms with Crippen LogP contribution in [0, 0.1) is 5.92 Å². The number of anilines is 1. The van der Waals surface area contributed by atoms with Crippen molar-refractivity contribution >= 4 is 22.8 Å². The van der Waals surface area contributed by atoms with Crippen molar-refractivity contribution in [1.82, 2.24) is 19.9 Å². The van der Waals surface area contributed by atoms with Crippen LogP contribution in [0.5, 0.6) is 0 Å². The van der Waals surface area contributed by atoms with E-state index in [0.717, 1.165) is 12.8 Å². The standard InChI is InChI=1S/C16H22N6O4/c17-8-3-4-19-14-11(8)20-6-22(14)16-13(24)12(9(5-23)26-16)21-15(25)10(18)7-1-2-7/h3-4,6-7,9-10,12-13,16,23-24H,1-2,5,18H2,(H2,17,19)(H,21,25)/t9-,10?,12+,13?,16-/m1/s1. The number of carbonyl (C=O) groups excluding carboxylic acids is 1. The Balaban J connectivity index is 1.58. The molecule has 0 aromatic carbocycles. The molecular weight excluding hydrogens is 340 g/mol. The molecule has 7 N–H and O–H groups in total. The number of amides is 1. The van der Waals surface area contributed by atoms with Crippen LogP contribution in [0.4, 0.5) is 5.69 Å². The van der Waals surface area contributed by atoms with Crippen LogP contribution in [0.3, 0.4) is 0 Å². The Hall–Kier alpha value is -2.27. The number of nitrogens with two attached hydrogens (primary N) is 2. The largest absolute Gasteiger partial charge is 0.397 e. The molecule has 2 aromatic heterocycles. The molecule has 1 aliphatic carbocycles. The molecule has 0 spiro atoms. The van der Waals surface area contributed by atoms with Crippen molar-refractivity contribution in [3.63, 3.8) is 0 Å². The normalized spacial score (nSPS) is 29.8. The number of aromatic nitrogens is 3. The van der Waals surface area contributed by atoms with E-state index in [-0.39, 0.29) is 18.4 Å². The predicted octanol–water partition coefficient (Wildman–Crippen LogP) is -1.51. The minimum atomic E-state index is -1.11. The van der Waals surface area contributed by atoms with E-state index in [1.54, 1.807) is 10.6 Å². The number of ether oxygens (including phenoxy) is 1. The first kappa shape index (κ1) is 17.2. The number of nitrogens with zero attached hydrogens (tertiary/aromatic N) is 3. The number of rotatable bonds is 5. The average molecular weight is 362 g/mol. The fourth-order valence-corrected chi connectivity index (χ4v) is 3.38. The molecule has 10 nitrogen and oxygen atoms in total. The quantitative estimate of drug-likeness (QED) is 0.429. The minimum Gasteiger partial charge on any atom is -0.397 e. The number of aliphatic hydroxyl groups is 2. The van der Waals surface area contributed by atoms with Crippen LogP contribution in [0.2, 0.25) is 0 Å². The Morgan fingerprint density at radius 1 is 1.46 bits per heavy atom. The van der Waals surface area contributed by atoms with E-state index in [2.05, 4.69) is 15.3 Å². The van der Waals surface area contributed by atoms with Crippen molar-refractivity contribution in [2.75, 3.05) is 12.3 Å². The fourth-order valence-electron chi connectivity index (χ4n) is 3.38. The highest BCUT2D eigenvalue weighted by molar-refractivity contribution is 5.84. The summed E-state index contributed by atoms with van der Waals surface area (Å²) in [6, 6.07) is 0.224. The molecule has 2 aliphatic rings. The third-order valence-electron chi connectivity index (χ3n) is 5.06. The van der Waals surface area contributed by atoms with Gasteiger partial charge >= 0.3 is 0 Å². The molecule has 4 rings (SSSR count). The lowest BCUT2D eigenvalue weighted by Gasteiger charge is -2.22. The lowest BCUT2D eigenvalue weighted by atomic mass is 10.1. The summed E-state index contributed by atoms with van der Waals surface area (Å²) in [5, 5.41) is 23.1. The smallest absolute Gasteiger partial charge is 0.237 e. The molecule has 3 heterocycles. The van der Waals surface area contributed by atoms with Gasteiger partial charge in [-0.2, -0.15) is 0 Å². The van der Waals surface area contributed by atoms with E-state index in [4.69, 9.17) is 16.2 Å². The maximum Gasteiger partial charge on any atom is 0.237 e. The Morgan fingerprint density at radius 3 is 2.92 bits per heavy atom. The number of carbonyl (C=O) groups is 1. The maximum absolute atomic E-state index is 12.3. The predicted molar refractivity (Wildman–Crippen MR) is 91.6 cm³/mol. The third-order valence-corrected chi connectivity index (χ3v) is 5.06. The van der Waals surface area contributed by atoms with Gasteiger partial charge in [-0.3, -0.25) is 9.36 Å². The van der Waals surface area contributed by atoms with Gasteiger partial charge < -0.3 is 31.7 Å². The topological polar surface area (TPSA) is 162 Å². The summed E-state index contributed by atoms with van der Waals surface area (Å²) >= 11 is 0. The Morgan fingerprint density at radius 2 is 2.23 bits per heavy atom. The van der Waals surface area contributed by atoms with Gasteiger partial charge in [-0.1, -0.05) is 0 Å². The van der Waals surface area contributed by atoms with Gasteiger partial charge in [0.15, 0.2) is 11.9 Å². The van der Waals surface area contributed by atoms with Crippen LogP contribution in [0.1, 0.15) is 19.1 Å². The van der Waals surface area contributed by atoms with Gasteiger partial charge in [-0.05, 0) is 24.8 Å². The van der Waals surface area contributed by atoms with E-state index in [0.29, 0.717) is 16.9 Å². The number of nitrogen functional groups attached to an aromatic ring is 1. The van der Waals surface area contributed by atoms with Crippen molar-refractivity contribution in [1.29, 1.82) is 0 Å². The molecule has 2 aromatic rings. The summed E-state index contributed by atoms with van der Waals surface area (Å²) in [6.45, 7) is -0.362. The first-order valence-electron chi connectivity index (χ1n) is 8.58. The number of aliphatic hydroxyl groups excluding tert-OH is 2. The van der Waals surface area contributed by atoms with Crippen LogP contribution < -0.4 is 16.8 Å². The van der Waals surface area contributed by atoms with Crippen molar-refractivity contribution in [2.24, 2.45) is 11.7 Å². The molecule has 5 atom stereocenters. The first-order chi connectivity index (χ1) is 12.5. The highest BCUT2D eigenvalue weighted by Crippen LogP contribution is 2.34. The molecular formula is C16H22N6O4. The van der Waals surface area contributed by atoms with Crippen LogP contribution in [0.15, 0.2) is 18.6 Å². The molecule has 2 fully saturated rings. The summed E-state index contributed by atoms with van der Waals surface area (Å²) in [6.07, 6.45) is 2.11. The molecule has 10 heteroatoms.